The molecule has 0 fully saturated rings. The number of nitrogens with zero attached hydrogens (tertiary/aromatic N) is 1. The topological polar surface area (TPSA) is 4.93 Å². The first-order valence-corrected chi connectivity index (χ1v) is 18.4. The molecule has 2 heterocycles. The maximum absolute atomic E-state index is 4.33. The predicted octanol–water partition coefficient (Wildman–Crippen LogP) is 13.2. The molecule has 1 aliphatic heterocycles. The van der Waals surface area contributed by atoms with Gasteiger partial charge in [-0.3, -0.25) is 0 Å². The second kappa shape index (κ2) is 10.8. The summed E-state index contributed by atoms with van der Waals surface area (Å²) in [7, 11) is 0. The van der Waals surface area contributed by atoms with Crippen molar-refractivity contribution >= 4 is 37.7 Å². The third-order valence-corrected chi connectivity index (χ3v) is 11.9. The molecule has 0 saturated carbocycles. The van der Waals surface area contributed by atoms with Crippen molar-refractivity contribution in [3.8, 4) is 50.2 Å². The van der Waals surface area contributed by atoms with E-state index in [0.29, 0.717) is 0 Å². The largest absolute Gasteiger partial charge is 0.308 e. The van der Waals surface area contributed by atoms with Crippen LogP contribution in [-0.4, -0.2) is 4.57 Å². The molecule has 51 heavy (non-hydrogen) atoms. The van der Waals surface area contributed by atoms with Crippen molar-refractivity contribution in [3.63, 3.8) is 0 Å². The van der Waals surface area contributed by atoms with E-state index in [-0.39, 0.29) is 0 Å². The van der Waals surface area contributed by atoms with E-state index in [0.717, 1.165) is 4.47 Å². The van der Waals surface area contributed by atoms with Crippen LogP contribution < -0.4 is 0 Å². The summed E-state index contributed by atoms with van der Waals surface area (Å²) in [6.07, 6.45) is 0. The molecule has 0 saturated heterocycles. The van der Waals surface area contributed by atoms with Crippen LogP contribution in [0.15, 0.2) is 186 Å². The van der Waals surface area contributed by atoms with Crippen LogP contribution in [0.2, 0.25) is 0 Å². The molecule has 1 nitrogen and oxygen atoms in total. The van der Waals surface area contributed by atoms with Crippen molar-refractivity contribution in [3.05, 3.63) is 209 Å². The van der Waals surface area contributed by atoms with E-state index >= 15 is 0 Å². The highest BCUT2D eigenvalue weighted by Gasteiger charge is 2.52. The Morgan fingerprint density at radius 2 is 0.941 bits per heavy atom. The summed E-state index contributed by atoms with van der Waals surface area (Å²) < 4.78 is 3.66. The molecule has 1 aliphatic carbocycles. The van der Waals surface area contributed by atoms with E-state index in [2.05, 4.69) is 202 Å². The van der Waals surface area contributed by atoms with E-state index in [1.165, 1.54) is 94.3 Å². The second-order valence-corrected chi connectivity index (χ2v) is 14.5. The number of para-hydroxylation sites is 2. The summed E-state index contributed by atoms with van der Waals surface area (Å²) in [5.74, 6) is 0. The zero-order chi connectivity index (χ0) is 33.7. The third kappa shape index (κ3) is 3.75. The highest BCUT2D eigenvalue weighted by atomic mass is 79.9. The Balaban J connectivity index is 1.43. The van der Waals surface area contributed by atoms with Gasteiger partial charge in [-0.1, -0.05) is 180 Å². The lowest BCUT2D eigenvalue weighted by Gasteiger charge is -2.38. The average molecular weight is 713 g/mol. The maximum atomic E-state index is 4.33. The minimum atomic E-state index is -0.667. The van der Waals surface area contributed by atoms with Gasteiger partial charge in [0.15, 0.2) is 0 Å². The van der Waals surface area contributed by atoms with Gasteiger partial charge in [0.25, 0.3) is 0 Å². The Hall–Kier alpha value is -5.96. The first kappa shape index (κ1) is 28.8. The third-order valence-electron chi connectivity index (χ3n) is 11.3. The Kier molecular flexibility index (Phi) is 6.09. The van der Waals surface area contributed by atoms with E-state index < -0.39 is 5.41 Å². The van der Waals surface area contributed by atoms with E-state index in [4.69, 9.17) is 0 Å². The van der Waals surface area contributed by atoms with Crippen LogP contribution in [-0.2, 0) is 5.41 Å². The maximum Gasteiger partial charge on any atom is 0.0737 e. The molecule has 9 aromatic rings. The van der Waals surface area contributed by atoms with E-state index in [1.54, 1.807) is 0 Å². The molecule has 0 amide bonds. The number of benzene rings is 8. The van der Waals surface area contributed by atoms with Crippen molar-refractivity contribution in [2.75, 3.05) is 0 Å². The van der Waals surface area contributed by atoms with E-state index in [9.17, 15) is 0 Å². The van der Waals surface area contributed by atoms with Crippen molar-refractivity contribution < 1.29 is 0 Å². The second-order valence-electron chi connectivity index (χ2n) is 13.7. The Labute approximate surface area is 305 Å². The summed E-state index contributed by atoms with van der Waals surface area (Å²) in [5, 5.41) is 2.52. The van der Waals surface area contributed by atoms with Gasteiger partial charge in [0.2, 0.25) is 0 Å². The monoisotopic (exact) mass is 711 g/mol. The highest BCUT2D eigenvalue weighted by Crippen LogP contribution is 2.65. The van der Waals surface area contributed by atoms with Gasteiger partial charge in [-0.15, -0.1) is 0 Å². The summed E-state index contributed by atoms with van der Waals surface area (Å²) in [6, 6.07) is 67.3. The first-order chi connectivity index (χ1) is 25.3. The van der Waals surface area contributed by atoms with Gasteiger partial charge in [0.1, 0.15) is 0 Å². The quantitative estimate of drug-likeness (QED) is 0.171. The number of halogens is 1. The standard InChI is InChI=1S/C49H30BrN/c50-42-30-38-36-23-10-14-29-44(36)51-43-28-13-9-22-35(43)37-24-15-27-41-45(37)46(48(38)51)47(42)49(41,39-25-11-7-20-33(39)31-16-3-1-4-17-31)40-26-12-8-21-34(40)32-18-5-2-6-19-32/h1-30H. The van der Waals surface area contributed by atoms with Gasteiger partial charge in [-0.25, -0.2) is 0 Å². The van der Waals surface area contributed by atoms with Crippen LogP contribution in [0, 0.1) is 0 Å². The fourth-order valence-electron chi connectivity index (χ4n) is 9.41. The molecule has 0 unspecified atom stereocenters. The molecule has 0 bridgehead atoms. The van der Waals surface area contributed by atoms with Crippen LogP contribution in [0.3, 0.4) is 0 Å². The Morgan fingerprint density at radius 3 is 1.63 bits per heavy atom. The van der Waals surface area contributed by atoms with Gasteiger partial charge >= 0.3 is 0 Å². The van der Waals surface area contributed by atoms with Crippen LogP contribution in [0.1, 0.15) is 22.3 Å². The fraction of sp³-hybridized carbons (Fsp3) is 0.0204. The smallest absolute Gasteiger partial charge is 0.0737 e. The van der Waals surface area contributed by atoms with Crippen molar-refractivity contribution in [1.29, 1.82) is 0 Å². The van der Waals surface area contributed by atoms with Gasteiger partial charge in [-0.05, 0) is 73.8 Å². The molecular formula is C49H30BrN. The lowest BCUT2D eigenvalue weighted by atomic mass is 9.64. The highest BCUT2D eigenvalue weighted by molar-refractivity contribution is 9.10. The number of aromatic nitrogens is 1. The Morgan fingerprint density at radius 1 is 0.412 bits per heavy atom. The lowest BCUT2D eigenvalue weighted by Crippen LogP contribution is -2.30. The lowest BCUT2D eigenvalue weighted by molar-refractivity contribution is 0.769. The van der Waals surface area contributed by atoms with Gasteiger partial charge in [0, 0.05) is 26.4 Å². The predicted molar refractivity (Wildman–Crippen MR) is 216 cm³/mol. The molecule has 0 N–H and O–H groups in total. The minimum absolute atomic E-state index is 0.667. The van der Waals surface area contributed by atoms with Crippen molar-refractivity contribution in [1.82, 2.24) is 4.57 Å². The van der Waals surface area contributed by atoms with Gasteiger partial charge in [0.05, 0.1) is 22.1 Å². The molecular weight excluding hydrogens is 682 g/mol. The molecule has 0 spiro atoms. The normalized spacial score (nSPS) is 13.4. The number of hydrogen-bond donors (Lipinski definition) is 0. The number of hydrogen-bond acceptors (Lipinski definition) is 0. The summed E-state index contributed by atoms with van der Waals surface area (Å²) in [4.78, 5) is 0. The average Bonchev–Trinajstić information content (AvgIpc) is 3.65. The van der Waals surface area contributed by atoms with Crippen LogP contribution >= 0.6 is 15.9 Å². The fourth-order valence-corrected chi connectivity index (χ4v) is 10.1. The minimum Gasteiger partial charge on any atom is -0.308 e. The first-order valence-electron chi connectivity index (χ1n) is 17.6. The van der Waals surface area contributed by atoms with Crippen molar-refractivity contribution in [2.45, 2.75) is 5.41 Å². The summed E-state index contributed by atoms with van der Waals surface area (Å²) >= 11 is 4.33. The molecule has 2 heteroatoms. The Bertz CT molecular complexity index is 2780. The SMILES string of the molecule is Brc1cc2c3ccccc3n3c2c2c1C(c1ccccc1-c1ccccc1)(c1ccccc1-c1ccccc1)c1cccc(c1-2)-c1ccccc1-3. The van der Waals surface area contributed by atoms with Crippen LogP contribution in [0.25, 0.3) is 72.0 Å². The van der Waals surface area contributed by atoms with Gasteiger partial charge < -0.3 is 4.57 Å². The molecule has 238 valence electrons. The number of fused-ring (bicyclic) bond motifs is 6. The molecule has 11 rings (SSSR count). The molecule has 0 radical (unpaired) electrons. The zero-order valence-corrected chi connectivity index (χ0v) is 29.2. The zero-order valence-electron chi connectivity index (χ0n) is 27.6. The number of rotatable bonds is 4. The molecule has 1 aromatic heterocycles. The molecule has 8 aromatic carbocycles. The molecule has 2 aliphatic rings. The summed E-state index contributed by atoms with van der Waals surface area (Å²) in [6.45, 7) is 0. The van der Waals surface area contributed by atoms with E-state index in [1.807, 2.05) is 0 Å². The van der Waals surface area contributed by atoms with Crippen molar-refractivity contribution in [2.24, 2.45) is 0 Å². The van der Waals surface area contributed by atoms with Gasteiger partial charge in [-0.2, -0.15) is 0 Å². The van der Waals surface area contributed by atoms with Crippen LogP contribution in [0.5, 0.6) is 0 Å². The molecule has 0 atom stereocenters. The summed E-state index contributed by atoms with van der Waals surface area (Å²) in [5.41, 5.74) is 18.2. The van der Waals surface area contributed by atoms with Crippen LogP contribution in [0.4, 0.5) is 0 Å².